The fourth-order valence-electron chi connectivity index (χ4n) is 2.45. The van der Waals surface area contributed by atoms with Gasteiger partial charge in [-0.1, -0.05) is 0 Å². The number of carbonyl (C=O) groups is 2. The van der Waals surface area contributed by atoms with Gasteiger partial charge in [-0.05, 0) is 55.5 Å². The maximum atomic E-state index is 12.2. The summed E-state index contributed by atoms with van der Waals surface area (Å²) in [5.41, 5.74) is 1.49. The predicted octanol–water partition coefficient (Wildman–Crippen LogP) is 2.69. The summed E-state index contributed by atoms with van der Waals surface area (Å²) in [7, 11) is -2.02. The van der Waals surface area contributed by atoms with Crippen LogP contribution >= 0.6 is 0 Å². The molecule has 2 aromatic carbocycles. The quantitative estimate of drug-likeness (QED) is 0.700. The van der Waals surface area contributed by atoms with Crippen LogP contribution in [0.3, 0.4) is 0 Å². The maximum Gasteiger partial charge on any atom is 0.232 e. The van der Waals surface area contributed by atoms with E-state index in [1.807, 2.05) is 0 Å². The van der Waals surface area contributed by atoms with E-state index in [2.05, 4.69) is 5.32 Å². The Hall–Kier alpha value is -2.87. The molecule has 1 amide bonds. The molecule has 7 nitrogen and oxygen atoms in total. The van der Waals surface area contributed by atoms with Crippen LogP contribution in [0.5, 0.6) is 5.75 Å². The van der Waals surface area contributed by atoms with E-state index in [1.54, 1.807) is 55.6 Å². The number of anilines is 2. The minimum absolute atomic E-state index is 0.0137. The monoisotopic (exact) mass is 390 g/mol. The summed E-state index contributed by atoms with van der Waals surface area (Å²) in [6.45, 7) is 1.42. The second-order valence-corrected chi connectivity index (χ2v) is 7.87. The van der Waals surface area contributed by atoms with Crippen molar-refractivity contribution >= 4 is 33.1 Å². The van der Waals surface area contributed by atoms with Gasteiger partial charge >= 0.3 is 0 Å². The van der Waals surface area contributed by atoms with Gasteiger partial charge in [0.1, 0.15) is 5.75 Å². The third kappa shape index (κ3) is 5.82. The summed E-state index contributed by atoms with van der Waals surface area (Å²) in [6.07, 6.45) is 1.06. The molecule has 144 valence electrons. The summed E-state index contributed by atoms with van der Waals surface area (Å²) in [6, 6.07) is 13.1. The summed E-state index contributed by atoms with van der Waals surface area (Å²) in [5.74, 6) is 0.255. The van der Waals surface area contributed by atoms with Gasteiger partial charge in [0.05, 0.1) is 19.1 Å². The number of hydrogen-bond acceptors (Lipinski definition) is 5. The van der Waals surface area contributed by atoms with Crippen LogP contribution in [-0.2, 0) is 14.8 Å². The number of rotatable bonds is 8. The van der Waals surface area contributed by atoms with Crippen molar-refractivity contribution in [2.45, 2.75) is 13.3 Å². The van der Waals surface area contributed by atoms with Crippen LogP contribution < -0.4 is 14.4 Å². The van der Waals surface area contributed by atoms with Crippen molar-refractivity contribution in [3.05, 3.63) is 54.1 Å². The van der Waals surface area contributed by atoms with E-state index in [0.717, 1.165) is 10.6 Å². The lowest BCUT2D eigenvalue weighted by Crippen LogP contribution is -2.33. The minimum atomic E-state index is -3.58. The van der Waals surface area contributed by atoms with E-state index in [0.29, 0.717) is 22.7 Å². The lowest BCUT2D eigenvalue weighted by molar-refractivity contribution is -0.116. The van der Waals surface area contributed by atoms with Crippen molar-refractivity contribution < 1.29 is 22.7 Å². The largest absolute Gasteiger partial charge is 0.497 e. The van der Waals surface area contributed by atoms with Gasteiger partial charge in [-0.15, -0.1) is 0 Å². The number of benzene rings is 2. The number of hydrogen-bond donors (Lipinski definition) is 1. The van der Waals surface area contributed by atoms with Gasteiger partial charge in [-0.25, -0.2) is 8.42 Å². The van der Waals surface area contributed by atoms with Gasteiger partial charge in [-0.2, -0.15) is 0 Å². The van der Waals surface area contributed by atoms with Crippen LogP contribution in [0.4, 0.5) is 11.4 Å². The Morgan fingerprint density at radius 3 is 2.11 bits per heavy atom. The van der Waals surface area contributed by atoms with Gasteiger partial charge in [-0.3, -0.25) is 13.9 Å². The maximum absolute atomic E-state index is 12.2. The van der Waals surface area contributed by atoms with Crippen molar-refractivity contribution in [3.63, 3.8) is 0 Å². The van der Waals surface area contributed by atoms with Crippen molar-refractivity contribution in [1.82, 2.24) is 0 Å². The van der Waals surface area contributed by atoms with Crippen LogP contribution in [-0.4, -0.2) is 40.0 Å². The summed E-state index contributed by atoms with van der Waals surface area (Å²) in [4.78, 5) is 23.5. The predicted molar refractivity (Wildman–Crippen MR) is 105 cm³/mol. The van der Waals surface area contributed by atoms with Crippen LogP contribution in [0, 0.1) is 0 Å². The zero-order valence-electron chi connectivity index (χ0n) is 15.4. The molecule has 0 saturated heterocycles. The Kier molecular flexibility index (Phi) is 6.57. The van der Waals surface area contributed by atoms with E-state index >= 15 is 0 Å². The van der Waals surface area contributed by atoms with E-state index in [9.17, 15) is 18.0 Å². The summed E-state index contributed by atoms with van der Waals surface area (Å²) in [5, 5.41) is 2.71. The molecule has 0 heterocycles. The van der Waals surface area contributed by atoms with Gasteiger partial charge in [0.15, 0.2) is 5.78 Å². The Balaban J connectivity index is 2.05. The van der Waals surface area contributed by atoms with Crippen molar-refractivity contribution in [3.8, 4) is 5.75 Å². The molecule has 0 radical (unpaired) electrons. The zero-order chi connectivity index (χ0) is 20.0. The third-order valence-corrected chi connectivity index (χ3v) is 5.07. The fraction of sp³-hybridized carbons (Fsp3) is 0.263. The first kappa shape index (κ1) is 20.4. The van der Waals surface area contributed by atoms with Gasteiger partial charge in [0.25, 0.3) is 0 Å². The number of methoxy groups -OCH3 is 1. The molecule has 27 heavy (non-hydrogen) atoms. The number of nitrogens with one attached hydrogen (secondary N) is 1. The van der Waals surface area contributed by atoms with E-state index in [4.69, 9.17) is 4.74 Å². The van der Waals surface area contributed by atoms with Crippen molar-refractivity contribution in [2.24, 2.45) is 0 Å². The molecule has 1 N–H and O–H groups in total. The highest BCUT2D eigenvalue weighted by Crippen LogP contribution is 2.20. The SMILES string of the molecule is COc1ccc(NC(=O)CCN(c2ccc(C(C)=O)cc2)S(C)(=O)=O)cc1. The highest BCUT2D eigenvalue weighted by atomic mass is 32.2. The van der Waals surface area contributed by atoms with Crippen LogP contribution in [0.15, 0.2) is 48.5 Å². The second kappa shape index (κ2) is 8.68. The molecule has 0 aliphatic carbocycles. The summed E-state index contributed by atoms with van der Waals surface area (Å²) >= 11 is 0. The first-order valence-corrected chi connectivity index (χ1v) is 10.1. The fourth-order valence-corrected chi connectivity index (χ4v) is 3.38. The van der Waals surface area contributed by atoms with Gasteiger partial charge < -0.3 is 10.1 Å². The number of ether oxygens (including phenoxy) is 1. The molecular formula is C19H22N2O5S. The minimum Gasteiger partial charge on any atom is -0.497 e. The van der Waals surface area contributed by atoms with Gasteiger partial charge in [0, 0.05) is 24.2 Å². The molecule has 0 aliphatic heterocycles. The molecule has 0 atom stereocenters. The molecule has 0 saturated carbocycles. The molecule has 0 aromatic heterocycles. The Labute approximate surface area is 159 Å². The number of ketones is 1. The van der Waals surface area contributed by atoms with Crippen LogP contribution in [0.1, 0.15) is 23.7 Å². The lowest BCUT2D eigenvalue weighted by atomic mass is 10.1. The molecular weight excluding hydrogens is 368 g/mol. The van der Waals surface area contributed by atoms with Crippen LogP contribution in [0.25, 0.3) is 0 Å². The van der Waals surface area contributed by atoms with E-state index in [-0.39, 0.29) is 24.7 Å². The topological polar surface area (TPSA) is 92.8 Å². The molecule has 0 bridgehead atoms. The number of sulfonamides is 1. The van der Waals surface area contributed by atoms with Crippen LogP contribution in [0.2, 0.25) is 0 Å². The standard InChI is InChI=1S/C19H22N2O5S/c1-14(22)15-4-8-17(9-5-15)21(27(3,24)25)13-12-19(23)20-16-6-10-18(26-2)11-7-16/h4-11H,12-13H2,1-3H3,(H,20,23). The third-order valence-electron chi connectivity index (χ3n) is 3.88. The molecule has 0 unspecified atom stereocenters. The molecule has 0 fully saturated rings. The Morgan fingerprint density at radius 1 is 1.04 bits per heavy atom. The smallest absolute Gasteiger partial charge is 0.232 e. The van der Waals surface area contributed by atoms with Crippen molar-refractivity contribution in [2.75, 3.05) is 29.5 Å². The molecule has 8 heteroatoms. The van der Waals surface area contributed by atoms with E-state index < -0.39 is 10.0 Å². The molecule has 2 aromatic rings. The van der Waals surface area contributed by atoms with Crippen molar-refractivity contribution in [1.29, 1.82) is 0 Å². The normalized spacial score (nSPS) is 10.9. The first-order chi connectivity index (χ1) is 12.7. The number of Topliss-reactive ketones (excluding diaryl/α,β-unsaturated/α-hetero) is 1. The lowest BCUT2D eigenvalue weighted by Gasteiger charge is -2.22. The number of amides is 1. The number of nitrogens with zero attached hydrogens (tertiary/aromatic N) is 1. The second-order valence-electron chi connectivity index (χ2n) is 5.96. The Morgan fingerprint density at radius 2 is 1.63 bits per heavy atom. The highest BCUT2D eigenvalue weighted by molar-refractivity contribution is 7.92. The molecule has 0 aliphatic rings. The molecule has 0 spiro atoms. The highest BCUT2D eigenvalue weighted by Gasteiger charge is 2.19. The van der Waals surface area contributed by atoms with E-state index in [1.165, 1.54) is 6.92 Å². The average Bonchev–Trinajstić information content (AvgIpc) is 2.61. The zero-order valence-corrected chi connectivity index (χ0v) is 16.2. The first-order valence-electron chi connectivity index (χ1n) is 8.23. The average molecular weight is 390 g/mol. The Bertz CT molecular complexity index is 906. The molecule has 2 rings (SSSR count). The van der Waals surface area contributed by atoms with Gasteiger partial charge in [0.2, 0.25) is 15.9 Å². The number of carbonyl (C=O) groups excluding carboxylic acids is 2. The summed E-state index contributed by atoms with van der Waals surface area (Å²) < 4.78 is 30.4.